The number of benzene rings is 1. The number of hydrogen-bond donors (Lipinski definition) is 0. The zero-order chi connectivity index (χ0) is 19.1. The Morgan fingerprint density at radius 2 is 1.85 bits per heavy atom. The van der Waals surface area contributed by atoms with Gasteiger partial charge in [-0.2, -0.15) is 22.6 Å². The molecule has 11 heteroatoms. The first-order chi connectivity index (χ1) is 12.1. The molecule has 0 saturated heterocycles. The van der Waals surface area contributed by atoms with E-state index in [1.54, 1.807) is 0 Å². The molecule has 1 atom stereocenters. The second kappa shape index (κ2) is 6.53. The quantitative estimate of drug-likeness (QED) is 0.669. The van der Waals surface area contributed by atoms with Gasteiger partial charge in [0.1, 0.15) is 6.04 Å². The second-order valence-electron chi connectivity index (χ2n) is 5.41. The lowest BCUT2D eigenvalue weighted by Crippen LogP contribution is -2.40. The van der Waals surface area contributed by atoms with Gasteiger partial charge in [-0.05, 0) is 29.8 Å². The molecule has 0 fully saturated rings. The van der Waals surface area contributed by atoms with Crippen LogP contribution < -0.4 is 0 Å². The molecule has 2 aromatic heterocycles. The first kappa shape index (κ1) is 18.6. The molecule has 0 aliphatic carbocycles. The fraction of sp³-hybridized carbons (Fsp3) is 0.200. The smallest absolute Gasteiger partial charge is 0.234 e. The maximum absolute atomic E-state index is 13.7. The van der Waals surface area contributed by atoms with Gasteiger partial charge in [-0.25, -0.2) is 17.9 Å². The van der Waals surface area contributed by atoms with Crippen molar-refractivity contribution in [3.8, 4) is 0 Å². The zero-order valence-corrected chi connectivity index (χ0v) is 14.8. The Morgan fingerprint density at radius 3 is 2.46 bits per heavy atom. The van der Waals surface area contributed by atoms with Crippen LogP contribution in [0, 0.1) is 0 Å². The van der Waals surface area contributed by atoms with E-state index in [1.165, 1.54) is 30.5 Å². The number of hydrogen-bond acceptors (Lipinski definition) is 4. The summed E-state index contributed by atoms with van der Waals surface area (Å²) in [6.45, 7) is 0. The summed E-state index contributed by atoms with van der Waals surface area (Å²) in [6, 6.07) is 5.45. The molecule has 0 N–H and O–H groups in total. The van der Waals surface area contributed by atoms with Crippen LogP contribution in [0.3, 0.4) is 0 Å². The highest BCUT2D eigenvalue weighted by molar-refractivity contribution is 7.89. The highest BCUT2D eigenvalue weighted by Crippen LogP contribution is 2.39. The van der Waals surface area contributed by atoms with Crippen LogP contribution >= 0.6 is 11.6 Å². The normalized spacial score (nSPS) is 14.1. The Kier molecular flexibility index (Phi) is 4.67. The molecule has 1 aromatic carbocycles. The van der Waals surface area contributed by atoms with Crippen LogP contribution in [0.4, 0.5) is 13.2 Å². The molecule has 3 aromatic rings. The van der Waals surface area contributed by atoms with E-state index in [0.717, 1.165) is 29.9 Å². The number of rotatable bonds is 4. The number of fused-ring (bicyclic) bond motifs is 1. The van der Waals surface area contributed by atoms with E-state index >= 15 is 0 Å². The van der Waals surface area contributed by atoms with E-state index in [-0.39, 0.29) is 20.5 Å². The lowest BCUT2D eigenvalue weighted by atomic mass is 10.1. The number of aromatic nitrogens is 3. The monoisotopic (exact) mass is 404 g/mol. The lowest BCUT2D eigenvalue weighted by molar-refractivity contribution is -0.171. The van der Waals surface area contributed by atoms with E-state index in [2.05, 4.69) is 10.1 Å². The van der Waals surface area contributed by atoms with Crippen molar-refractivity contribution in [2.24, 2.45) is 0 Å². The minimum absolute atomic E-state index is 0.203. The summed E-state index contributed by atoms with van der Waals surface area (Å²) in [5, 5.41) is 3.63. The van der Waals surface area contributed by atoms with Gasteiger partial charge in [0.15, 0.2) is 10.7 Å². The van der Waals surface area contributed by atoms with Crippen LogP contribution in [0.15, 0.2) is 53.8 Å². The molecule has 3 rings (SSSR count). The standard InChI is InChI=1S/C15H12ClF3N4O2S/c1-22(14(15(17,18)19)10-4-6-11(16)7-5-10)26(24,25)13-9-20-12-3-2-8-21-23(12)13/h2-9,14H,1H3/t14-/m1/s1. The highest BCUT2D eigenvalue weighted by Gasteiger charge is 2.48. The summed E-state index contributed by atoms with van der Waals surface area (Å²) in [7, 11) is -3.68. The Hall–Kier alpha value is -2.17. The fourth-order valence-corrected chi connectivity index (χ4v) is 4.00. The maximum atomic E-state index is 13.7. The lowest BCUT2D eigenvalue weighted by Gasteiger charge is -2.29. The van der Waals surface area contributed by atoms with Crippen LogP contribution in [0.25, 0.3) is 5.65 Å². The summed E-state index contributed by atoms with van der Waals surface area (Å²) in [4.78, 5) is 3.87. The van der Waals surface area contributed by atoms with Crippen LogP contribution in [-0.4, -0.2) is 40.5 Å². The molecule has 0 aliphatic rings. The van der Waals surface area contributed by atoms with Crippen molar-refractivity contribution >= 4 is 27.3 Å². The summed E-state index contributed by atoms with van der Waals surface area (Å²) >= 11 is 5.71. The van der Waals surface area contributed by atoms with E-state index in [9.17, 15) is 21.6 Å². The van der Waals surface area contributed by atoms with Crippen LogP contribution in [0.1, 0.15) is 11.6 Å². The van der Waals surface area contributed by atoms with Gasteiger partial charge >= 0.3 is 6.18 Å². The molecule has 6 nitrogen and oxygen atoms in total. The molecule has 0 saturated carbocycles. The van der Waals surface area contributed by atoms with Gasteiger partial charge in [0, 0.05) is 18.3 Å². The number of nitrogens with zero attached hydrogens (tertiary/aromatic N) is 4. The first-order valence-electron chi connectivity index (χ1n) is 7.21. The van der Waals surface area contributed by atoms with E-state index < -0.39 is 27.3 Å². The predicted molar refractivity (Wildman–Crippen MR) is 88.2 cm³/mol. The second-order valence-corrected chi connectivity index (χ2v) is 7.79. The molecular weight excluding hydrogens is 393 g/mol. The van der Waals surface area contributed by atoms with Crippen molar-refractivity contribution in [3.63, 3.8) is 0 Å². The average molecular weight is 405 g/mol. The van der Waals surface area contributed by atoms with Crippen molar-refractivity contribution in [1.82, 2.24) is 18.9 Å². The summed E-state index contributed by atoms with van der Waals surface area (Å²) in [5.41, 5.74) is -0.0516. The third-order valence-corrected chi connectivity index (χ3v) is 5.78. The average Bonchev–Trinajstić information content (AvgIpc) is 3.00. The van der Waals surface area contributed by atoms with Gasteiger partial charge < -0.3 is 0 Å². The minimum Gasteiger partial charge on any atom is -0.234 e. The molecule has 0 unspecified atom stereocenters. The Labute approximate surface area is 151 Å². The van der Waals surface area contributed by atoms with Gasteiger partial charge in [0.05, 0.1) is 6.20 Å². The highest BCUT2D eigenvalue weighted by atomic mass is 35.5. The molecule has 0 amide bonds. The molecule has 26 heavy (non-hydrogen) atoms. The third kappa shape index (κ3) is 3.27. The van der Waals surface area contributed by atoms with Gasteiger partial charge in [0.2, 0.25) is 0 Å². The Bertz CT molecular complexity index is 1030. The molecule has 0 radical (unpaired) electrons. The van der Waals surface area contributed by atoms with Gasteiger partial charge in [0.25, 0.3) is 10.0 Å². The number of imidazole rings is 1. The van der Waals surface area contributed by atoms with Crippen molar-refractivity contribution in [3.05, 3.63) is 59.4 Å². The largest absolute Gasteiger partial charge is 0.409 e. The molecule has 0 spiro atoms. The molecule has 0 bridgehead atoms. The molecule has 2 heterocycles. The van der Waals surface area contributed by atoms with E-state index in [0.29, 0.717) is 0 Å². The molecular formula is C15H12ClF3N4O2S. The van der Waals surface area contributed by atoms with Gasteiger partial charge in [-0.1, -0.05) is 23.7 Å². The van der Waals surface area contributed by atoms with E-state index in [1.807, 2.05) is 0 Å². The number of halogens is 4. The maximum Gasteiger partial charge on any atom is 0.409 e. The topological polar surface area (TPSA) is 67.6 Å². The summed E-state index contributed by atoms with van der Waals surface area (Å²) in [5.74, 6) is 0. The first-order valence-corrected chi connectivity index (χ1v) is 9.03. The summed E-state index contributed by atoms with van der Waals surface area (Å²) < 4.78 is 67.9. The third-order valence-electron chi connectivity index (χ3n) is 3.75. The van der Waals surface area contributed by atoms with Crippen LogP contribution in [0.2, 0.25) is 5.02 Å². The predicted octanol–water partition coefficient (Wildman–Crippen LogP) is 3.31. The van der Waals surface area contributed by atoms with Crippen molar-refractivity contribution < 1.29 is 21.6 Å². The number of alkyl halides is 3. The minimum atomic E-state index is -4.84. The zero-order valence-electron chi connectivity index (χ0n) is 13.2. The number of sulfonamides is 1. The van der Waals surface area contributed by atoms with Crippen molar-refractivity contribution in [1.29, 1.82) is 0 Å². The van der Waals surface area contributed by atoms with Crippen molar-refractivity contribution in [2.45, 2.75) is 17.2 Å². The van der Waals surface area contributed by atoms with E-state index in [4.69, 9.17) is 11.6 Å². The fourth-order valence-electron chi connectivity index (χ4n) is 2.52. The van der Waals surface area contributed by atoms with Crippen LogP contribution in [-0.2, 0) is 10.0 Å². The molecule has 0 aliphatic heterocycles. The molecule has 138 valence electrons. The Morgan fingerprint density at radius 1 is 1.19 bits per heavy atom. The van der Waals surface area contributed by atoms with Crippen LogP contribution in [0.5, 0.6) is 0 Å². The Balaban J connectivity index is 2.11. The van der Waals surface area contributed by atoms with Gasteiger partial charge in [-0.15, -0.1) is 0 Å². The van der Waals surface area contributed by atoms with Gasteiger partial charge in [-0.3, -0.25) is 0 Å². The van der Waals surface area contributed by atoms with Crippen molar-refractivity contribution in [2.75, 3.05) is 7.05 Å². The SMILES string of the molecule is CN([C@H](c1ccc(Cl)cc1)C(F)(F)F)S(=O)(=O)c1cnc2cccnn12. The summed E-state index contributed by atoms with van der Waals surface area (Å²) in [6.07, 6.45) is -2.55.